The van der Waals surface area contributed by atoms with E-state index in [2.05, 4.69) is 78.4 Å². The molecule has 0 aliphatic carbocycles. The maximum absolute atomic E-state index is 13.0. The fourth-order valence-corrected chi connectivity index (χ4v) is 7.74. The average molecular weight is 828 g/mol. The van der Waals surface area contributed by atoms with Gasteiger partial charge in [-0.1, -0.05) is 0 Å². The number of carbonyl (C=O) groups excluding carboxylic acids is 3. The number of hydrogen-bond donors (Lipinski definition) is 2. The molecule has 13 heteroatoms. The molecule has 1 aromatic rings. The Morgan fingerprint density at radius 2 is 1.29 bits per heavy atom. The van der Waals surface area contributed by atoms with Crippen molar-refractivity contribution in [3.63, 3.8) is 0 Å². The molecule has 0 radical (unpaired) electrons. The number of ether oxygens (including phenoxy) is 5. The molecule has 194 valence electrons. The second-order valence-electron chi connectivity index (χ2n) is 8.87. The zero-order valence-electron chi connectivity index (χ0n) is 19.9. The summed E-state index contributed by atoms with van der Waals surface area (Å²) in [5.41, 5.74) is 1.88. The van der Waals surface area contributed by atoms with Crippen molar-refractivity contribution in [3.8, 4) is 0 Å². The van der Waals surface area contributed by atoms with Crippen LogP contribution in [0.15, 0.2) is 0 Å². The third-order valence-corrected chi connectivity index (χ3v) is 8.62. The van der Waals surface area contributed by atoms with Gasteiger partial charge in [0.05, 0.1) is 34.8 Å². The minimum Gasteiger partial charge on any atom is -0.466 e. The van der Waals surface area contributed by atoms with Crippen molar-refractivity contribution in [1.82, 2.24) is 0 Å². The molecule has 2 fully saturated rings. The van der Waals surface area contributed by atoms with E-state index in [0.717, 1.165) is 12.7 Å². The first-order valence-electron chi connectivity index (χ1n) is 10.8. The van der Waals surface area contributed by atoms with Gasteiger partial charge in [0.15, 0.2) is 23.8 Å². The van der Waals surface area contributed by atoms with Gasteiger partial charge in [0.1, 0.15) is 0 Å². The number of hydrogen-bond acceptors (Lipinski definition) is 8. The van der Waals surface area contributed by atoms with E-state index in [4.69, 9.17) is 23.7 Å². The van der Waals surface area contributed by atoms with Gasteiger partial charge in [-0.25, -0.2) is 0 Å². The Labute approximate surface area is 244 Å². The van der Waals surface area contributed by atoms with E-state index in [-0.39, 0.29) is 37.6 Å². The number of carbonyl (C=O) groups is 3. The van der Waals surface area contributed by atoms with E-state index >= 15 is 0 Å². The lowest BCUT2D eigenvalue weighted by molar-refractivity contribution is -0.150. The summed E-state index contributed by atoms with van der Waals surface area (Å²) in [5.74, 6) is -2.79. The van der Waals surface area contributed by atoms with Crippen LogP contribution in [0.5, 0.6) is 0 Å². The highest BCUT2D eigenvalue weighted by molar-refractivity contribution is 14.1. The topological polar surface area (TPSA) is 121 Å². The van der Waals surface area contributed by atoms with Gasteiger partial charge in [-0.2, -0.15) is 0 Å². The summed E-state index contributed by atoms with van der Waals surface area (Å²) in [4.78, 5) is 37.3. The lowest BCUT2D eigenvalue weighted by Crippen LogP contribution is -2.34. The largest absolute Gasteiger partial charge is 0.466 e. The van der Waals surface area contributed by atoms with Crippen LogP contribution in [0.3, 0.4) is 0 Å². The molecule has 2 heterocycles. The number of anilines is 2. The molecule has 35 heavy (non-hydrogen) atoms. The van der Waals surface area contributed by atoms with Crippen molar-refractivity contribution >= 4 is 96.9 Å². The number of benzene rings is 1. The molecule has 0 bridgehead atoms. The molecular weight excluding hydrogens is 801 g/mol. The first-order valence-corrected chi connectivity index (χ1v) is 14.0. The van der Waals surface area contributed by atoms with Gasteiger partial charge in [-0.3, -0.25) is 14.4 Å². The predicted octanol–water partition coefficient (Wildman–Crippen LogP) is 3.79. The number of rotatable bonds is 7. The van der Waals surface area contributed by atoms with Crippen LogP contribution in [0.4, 0.5) is 11.4 Å². The summed E-state index contributed by atoms with van der Waals surface area (Å²) in [7, 11) is 0. The Hall–Kier alpha value is -0.340. The van der Waals surface area contributed by atoms with Crippen molar-refractivity contribution in [2.45, 2.75) is 64.8 Å². The molecule has 2 unspecified atom stereocenters. The summed E-state index contributed by atoms with van der Waals surface area (Å²) in [6, 6.07) is 0. The summed E-state index contributed by atoms with van der Waals surface area (Å²) >= 11 is 6.40. The van der Waals surface area contributed by atoms with E-state index in [9.17, 15) is 14.4 Å². The first kappa shape index (κ1) is 29.2. The Balaban J connectivity index is 1.93. The van der Waals surface area contributed by atoms with Gasteiger partial charge in [0.2, 0.25) is 0 Å². The number of amides is 2. The normalized spacial score (nSPS) is 22.6. The zero-order valence-corrected chi connectivity index (χ0v) is 26.4. The second kappa shape index (κ2) is 11.6. The van der Waals surface area contributed by atoms with Crippen LogP contribution < -0.4 is 10.6 Å². The SMILES string of the molecule is CC(=O)OCCc1c(I)c(NC(=O)C2COC(C)(C)O2)c(I)c(NC(=O)C2COC(C)(C)O2)c1I. The highest BCUT2D eigenvalue weighted by atomic mass is 127. The average Bonchev–Trinajstić information content (AvgIpc) is 3.31. The molecule has 2 atom stereocenters. The molecule has 2 saturated heterocycles. The van der Waals surface area contributed by atoms with Gasteiger partial charge in [-0.05, 0) is 101 Å². The highest BCUT2D eigenvalue weighted by Crippen LogP contribution is 2.40. The van der Waals surface area contributed by atoms with Gasteiger partial charge in [0, 0.05) is 20.5 Å². The minimum atomic E-state index is -0.847. The molecule has 2 N–H and O–H groups in total. The van der Waals surface area contributed by atoms with Crippen LogP contribution in [0.2, 0.25) is 0 Å². The predicted molar refractivity (Wildman–Crippen MR) is 152 cm³/mol. The van der Waals surface area contributed by atoms with Gasteiger partial charge in [-0.15, -0.1) is 0 Å². The van der Waals surface area contributed by atoms with Crippen molar-refractivity contribution in [2.24, 2.45) is 0 Å². The van der Waals surface area contributed by atoms with Gasteiger partial charge >= 0.3 is 5.97 Å². The number of halogens is 3. The fraction of sp³-hybridized carbons (Fsp3) is 0.591. The maximum Gasteiger partial charge on any atom is 0.302 e. The van der Waals surface area contributed by atoms with Crippen LogP contribution in [-0.4, -0.2) is 61.4 Å². The number of nitrogens with one attached hydrogen (secondary N) is 2. The smallest absolute Gasteiger partial charge is 0.302 e. The lowest BCUT2D eigenvalue weighted by atomic mass is 10.1. The Bertz CT molecular complexity index is 963. The molecule has 1 aromatic carbocycles. The molecule has 0 spiro atoms. The van der Waals surface area contributed by atoms with Crippen LogP contribution in [0.25, 0.3) is 0 Å². The molecule has 2 aliphatic rings. The second-order valence-corrected chi connectivity index (χ2v) is 12.1. The van der Waals surface area contributed by atoms with E-state index in [1.165, 1.54) is 6.92 Å². The van der Waals surface area contributed by atoms with Crippen molar-refractivity contribution in [3.05, 3.63) is 16.3 Å². The summed E-state index contributed by atoms with van der Waals surface area (Å²) in [6.45, 7) is 8.75. The third-order valence-electron chi connectivity index (χ3n) is 5.16. The van der Waals surface area contributed by atoms with Crippen LogP contribution >= 0.6 is 67.8 Å². The molecule has 2 aliphatic heterocycles. The van der Waals surface area contributed by atoms with Crippen molar-refractivity contribution < 1.29 is 38.1 Å². The van der Waals surface area contributed by atoms with Crippen molar-refractivity contribution in [2.75, 3.05) is 30.5 Å². The summed E-state index contributed by atoms with van der Waals surface area (Å²) in [6.07, 6.45) is -1.15. The minimum absolute atomic E-state index is 0.133. The molecule has 0 aromatic heterocycles. The monoisotopic (exact) mass is 828 g/mol. The molecule has 0 saturated carbocycles. The summed E-state index contributed by atoms with van der Waals surface area (Å²) in [5, 5.41) is 5.89. The maximum atomic E-state index is 13.0. The van der Waals surface area contributed by atoms with Crippen LogP contribution in [0.1, 0.15) is 40.2 Å². The van der Waals surface area contributed by atoms with Crippen LogP contribution in [0, 0.1) is 10.7 Å². The van der Waals surface area contributed by atoms with E-state index in [0.29, 0.717) is 21.4 Å². The number of esters is 1. The fourth-order valence-electron chi connectivity index (χ4n) is 3.49. The van der Waals surface area contributed by atoms with E-state index < -0.39 is 23.8 Å². The Kier molecular flexibility index (Phi) is 9.68. The van der Waals surface area contributed by atoms with Gasteiger partial charge in [0.25, 0.3) is 11.8 Å². The Morgan fingerprint density at radius 3 is 1.63 bits per heavy atom. The highest BCUT2D eigenvalue weighted by Gasteiger charge is 2.39. The van der Waals surface area contributed by atoms with E-state index in [1.807, 2.05) is 0 Å². The van der Waals surface area contributed by atoms with Gasteiger partial charge < -0.3 is 34.3 Å². The van der Waals surface area contributed by atoms with E-state index in [1.54, 1.807) is 27.7 Å². The standard InChI is InChI=1S/C22H27I3N2O8/c1-10(28)31-7-6-11-14(23)17(26-19(29)12-8-32-21(2,3)34-12)16(25)18(15(11)24)27-20(30)13-9-33-22(4,5)35-13/h12-13H,6-9H2,1-5H3,(H,26,29)(H,27,30). The van der Waals surface area contributed by atoms with Crippen LogP contribution in [-0.2, 0) is 44.5 Å². The molecule has 3 rings (SSSR count). The third kappa shape index (κ3) is 7.37. The van der Waals surface area contributed by atoms with Crippen molar-refractivity contribution in [1.29, 1.82) is 0 Å². The quantitative estimate of drug-likeness (QED) is 0.315. The summed E-state index contributed by atoms with van der Waals surface area (Å²) < 4.78 is 29.8. The molecular formula is C22H27I3N2O8. The Morgan fingerprint density at radius 1 is 0.857 bits per heavy atom. The molecule has 10 nitrogen and oxygen atoms in total. The lowest BCUT2D eigenvalue weighted by Gasteiger charge is -2.22. The molecule has 2 amide bonds. The first-order chi connectivity index (χ1) is 16.2. The zero-order chi connectivity index (χ0) is 26.1.